The number of hydrogen-bond acceptors (Lipinski definition) is 2. The lowest BCUT2D eigenvalue weighted by atomic mass is 10.1. The van der Waals surface area contributed by atoms with Crippen LogP contribution in [0.2, 0.25) is 0 Å². The minimum Gasteiger partial charge on any atom is -0.375 e. The van der Waals surface area contributed by atoms with Crippen LogP contribution in [0.1, 0.15) is 11.3 Å². The fraction of sp³-hybridized carbons (Fsp3) is 0.308. The molecule has 17 heavy (non-hydrogen) atoms. The molecule has 2 N–H and O–H groups in total. The molecule has 0 unspecified atom stereocenters. The van der Waals surface area contributed by atoms with Gasteiger partial charge in [0.2, 0.25) is 5.91 Å². The molecule has 0 aliphatic rings. The summed E-state index contributed by atoms with van der Waals surface area (Å²) in [5.41, 5.74) is 3.34. The molecule has 2 aromatic rings. The van der Waals surface area contributed by atoms with Crippen molar-refractivity contribution < 1.29 is 9.53 Å². The summed E-state index contributed by atoms with van der Waals surface area (Å²) in [5.74, 6) is -0.0992. The number of aromatic amines is 1. The molecular formula is C13H16N2O2. The smallest absolute Gasteiger partial charge is 0.246 e. The van der Waals surface area contributed by atoms with E-state index in [2.05, 4.69) is 22.4 Å². The molecule has 0 spiro atoms. The second kappa shape index (κ2) is 5.01. The zero-order valence-corrected chi connectivity index (χ0v) is 10.0. The van der Waals surface area contributed by atoms with Crippen LogP contribution in [0.4, 0.5) is 0 Å². The molecule has 2 rings (SSSR count). The Morgan fingerprint density at radius 3 is 3.00 bits per heavy atom. The van der Waals surface area contributed by atoms with Crippen molar-refractivity contribution >= 4 is 16.8 Å². The molecule has 4 heteroatoms. The van der Waals surface area contributed by atoms with Crippen molar-refractivity contribution in [2.45, 2.75) is 13.5 Å². The normalized spacial score (nSPS) is 10.7. The fourth-order valence-corrected chi connectivity index (χ4v) is 1.82. The molecule has 0 saturated heterocycles. The van der Waals surface area contributed by atoms with Gasteiger partial charge in [-0.1, -0.05) is 6.07 Å². The van der Waals surface area contributed by atoms with E-state index in [9.17, 15) is 4.79 Å². The first kappa shape index (κ1) is 11.7. The fourth-order valence-electron chi connectivity index (χ4n) is 1.82. The van der Waals surface area contributed by atoms with E-state index < -0.39 is 0 Å². The minimum atomic E-state index is -0.0992. The zero-order chi connectivity index (χ0) is 12.3. The third-order valence-corrected chi connectivity index (χ3v) is 2.58. The molecule has 0 fully saturated rings. The van der Waals surface area contributed by atoms with Gasteiger partial charge in [-0.05, 0) is 36.1 Å². The van der Waals surface area contributed by atoms with Gasteiger partial charge < -0.3 is 15.0 Å². The summed E-state index contributed by atoms with van der Waals surface area (Å²) in [6.07, 6.45) is 0. The van der Waals surface area contributed by atoms with Crippen molar-refractivity contribution in [3.8, 4) is 0 Å². The number of ether oxygens (including phenoxy) is 1. The average Bonchev–Trinajstić information content (AvgIpc) is 2.66. The highest BCUT2D eigenvalue weighted by Gasteiger charge is 2.02. The predicted molar refractivity (Wildman–Crippen MR) is 66.8 cm³/mol. The average molecular weight is 232 g/mol. The summed E-state index contributed by atoms with van der Waals surface area (Å²) in [6, 6.07) is 8.20. The maximum absolute atomic E-state index is 11.2. The molecule has 1 aromatic heterocycles. The van der Waals surface area contributed by atoms with E-state index in [0.29, 0.717) is 6.54 Å². The summed E-state index contributed by atoms with van der Waals surface area (Å²) in [6.45, 7) is 2.66. The van der Waals surface area contributed by atoms with E-state index in [1.807, 2.05) is 19.1 Å². The molecule has 0 radical (unpaired) electrons. The maximum Gasteiger partial charge on any atom is 0.246 e. The Kier molecular flexibility index (Phi) is 3.44. The van der Waals surface area contributed by atoms with E-state index in [4.69, 9.17) is 4.74 Å². The van der Waals surface area contributed by atoms with Crippen LogP contribution in [0.5, 0.6) is 0 Å². The topological polar surface area (TPSA) is 54.1 Å². The summed E-state index contributed by atoms with van der Waals surface area (Å²) in [4.78, 5) is 14.5. The van der Waals surface area contributed by atoms with Gasteiger partial charge in [0.1, 0.15) is 6.61 Å². The Labute approximate surface area is 100.0 Å². The number of aromatic nitrogens is 1. The molecule has 0 aliphatic carbocycles. The second-order valence-electron chi connectivity index (χ2n) is 4.08. The number of H-pyrrole nitrogens is 1. The molecule has 0 aliphatic heterocycles. The van der Waals surface area contributed by atoms with Crippen LogP contribution in [-0.2, 0) is 16.1 Å². The standard InChI is InChI=1S/C13H16N2O2/c1-9-5-11-6-10(3-4-12(11)15-9)7-14-13(16)8-17-2/h3-6,15H,7-8H2,1-2H3,(H,14,16). The van der Waals surface area contributed by atoms with Gasteiger partial charge in [0, 0.05) is 24.9 Å². The van der Waals surface area contributed by atoms with E-state index in [0.717, 1.165) is 16.8 Å². The van der Waals surface area contributed by atoms with Crippen LogP contribution in [0.15, 0.2) is 24.3 Å². The zero-order valence-electron chi connectivity index (χ0n) is 10.0. The molecule has 4 nitrogen and oxygen atoms in total. The Balaban J connectivity index is 2.06. The highest BCUT2D eigenvalue weighted by molar-refractivity contribution is 5.81. The molecule has 1 aromatic carbocycles. The monoisotopic (exact) mass is 232 g/mol. The van der Waals surface area contributed by atoms with Crippen LogP contribution in [0, 0.1) is 6.92 Å². The lowest BCUT2D eigenvalue weighted by Gasteiger charge is -2.04. The Morgan fingerprint density at radius 1 is 1.41 bits per heavy atom. The molecule has 1 heterocycles. The first-order chi connectivity index (χ1) is 8.19. The van der Waals surface area contributed by atoms with Crippen molar-refractivity contribution in [1.29, 1.82) is 0 Å². The quantitative estimate of drug-likeness (QED) is 0.843. The molecule has 1 amide bonds. The van der Waals surface area contributed by atoms with Crippen LogP contribution in [0.25, 0.3) is 10.9 Å². The van der Waals surface area contributed by atoms with E-state index >= 15 is 0 Å². The molecular weight excluding hydrogens is 216 g/mol. The SMILES string of the molecule is COCC(=O)NCc1ccc2[nH]c(C)cc2c1. The Morgan fingerprint density at radius 2 is 2.24 bits per heavy atom. The van der Waals surface area contributed by atoms with Crippen molar-refractivity contribution in [3.63, 3.8) is 0 Å². The van der Waals surface area contributed by atoms with Gasteiger partial charge in [-0.15, -0.1) is 0 Å². The van der Waals surface area contributed by atoms with E-state index in [-0.39, 0.29) is 12.5 Å². The van der Waals surface area contributed by atoms with E-state index in [1.54, 1.807) is 0 Å². The predicted octanol–water partition coefficient (Wildman–Crippen LogP) is 1.74. The van der Waals surface area contributed by atoms with Gasteiger partial charge in [-0.25, -0.2) is 0 Å². The van der Waals surface area contributed by atoms with Gasteiger partial charge in [-0.3, -0.25) is 4.79 Å². The Bertz CT molecular complexity index is 531. The first-order valence-corrected chi connectivity index (χ1v) is 5.53. The number of hydrogen-bond donors (Lipinski definition) is 2. The summed E-state index contributed by atoms with van der Waals surface area (Å²) < 4.78 is 4.75. The lowest BCUT2D eigenvalue weighted by Crippen LogP contribution is -2.26. The number of carbonyl (C=O) groups excluding carboxylic acids is 1. The number of amides is 1. The second-order valence-corrected chi connectivity index (χ2v) is 4.08. The van der Waals surface area contributed by atoms with Gasteiger partial charge >= 0.3 is 0 Å². The maximum atomic E-state index is 11.2. The number of carbonyl (C=O) groups is 1. The third-order valence-electron chi connectivity index (χ3n) is 2.58. The van der Waals surface area contributed by atoms with Crippen molar-refractivity contribution in [2.24, 2.45) is 0 Å². The molecule has 0 bridgehead atoms. The number of fused-ring (bicyclic) bond motifs is 1. The number of methoxy groups -OCH3 is 1. The molecule has 0 atom stereocenters. The highest BCUT2D eigenvalue weighted by atomic mass is 16.5. The van der Waals surface area contributed by atoms with Gasteiger partial charge in [0.25, 0.3) is 0 Å². The van der Waals surface area contributed by atoms with Gasteiger partial charge in [0.05, 0.1) is 0 Å². The minimum absolute atomic E-state index is 0.0992. The van der Waals surface area contributed by atoms with Crippen LogP contribution in [0.3, 0.4) is 0 Å². The van der Waals surface area contributed by atoms with Gasteiger partial charge in [-0.2, -0.15) is 0 Å². The Hall–Kier alpha value is -1.81. The first-order valence-electron chi connectivity index (χ1n) is 5.53. The van der Waals surface area contributed by atoms with Crippen molar-refractivity contribution in [1.82, 2.24) is 10.3 Å². The van der Waals surface area contributed by atoms with E-state index in [1.165, 1.54) is 12.5 Å². The largest absolute Gasteiger partial charge is 0.375 e. The summed E-state index contributed by atoms with van der Waals surface area (Å²) >= 11 is 0. The summed E-state index contributed by atoms with van der Waals surface area (Å²) in [5, 5.41) is 3.96. The van der Waals surface area contributed by atoms with Crippen LogP contribution < -0.4 is 5.32 Å². The van der Waals surface area contributed by atoms with Crippen molar-refractivity contribution in [3.05, 3.63) is 35.5 Å². The number of aryl methyl sites for hydroxylation is 1. The summed E-state index contributed by atoms with van der Waals surface area (Å²) in [7, 11) is 1.51. The highest BCUT2D eigenvalue weighted by Crippen LogP contribution is 2.16. The van der Waals surface area contributed by atoms with Gasteiger partial charge in [0.15, 0.2) is 0 Å². The lowest BCUT2D eigenvalue weighted by molar-refractivity contribution is -0.124. The third kappa shape index (κ3) is 2.85. The number of benzene rings is 1. The van der Waals surface area contributed by atoms with Crippen molar-refractivity contribution in [2.75, 3.05) is 13.7 Å². The molecule has 0 saturated carbocycles. The van der Waals surface area contributed by atoms with Crippen LogP contribution >= 0.6 is 0 Å². The number of rotatable bonds is 4. The molecule has 90 valence electrons. The van der Waals surface area contributed by atoms with Crippen LogP contribution in [-0.4, -0.2) is 24.6 Å². The number of nitrogens with one attached hydrogen (secondary N) is 2.